The maximum Gasteiger partial charge on any atom is 0.317 e. The molecule has 5 nitrogen and oxygen atoms in total. The third kappa shape index (κ3) is 5.18. The number of rotatable bonds is 6. The summed E-state index contributed by atoms with van der Waals surface area (Å²) in [7, 11) is 3.26. The van der Waals surface area contributed by atoms with Crippen LogP contribution in [0.3, 0.4) is 0 Å². The minimum Gasteiger partial charge on any atom is -0.384 e. The Morgan fingerprint density at radius 3 is 2.78 bits per heavy atom. The number of benzene rings is 1. The smallest absolute Gasteiger partial charge is 0.317 e. The Morgan fingerprint density at radius 2 is 2.13 bits per heavy atom. The molecule has 0 saturated carbocycles. The molecular weight excluding hydrogens is 299 g/mol. The first-order valence-corrected chi connectivity index (χ1v) is 7.94. The molecule has 0 aromatic heterocycles. The molecule has 2 rings (SSSR count). The summed E-state index contributed by atoms with van der Waals surface area (Å²) in [5.74, 6) is 0.111. The molecule has 0 unspecified atom stereocenters. The van der Waals surface area contributed by atoms with Gasteiger partial charge >= 0.3 is 6.03 Å². The van der Waals surface area contributed by atoms with Crippen molar-refractivity contribution in [3.63, 3.8) is 0 Å². The number of hydrogen-bond acceptors (Lipinski definition) is 3. The molecule has 128 valence electrons. The molecular formula is C17H25FN2O3. The Morgan fingerprint density at radius 1 is 1.39 bits per heavy atom. The summed E-state index contributed by atoms with van der Waals surface area (Å²) < 4.78 is 23.6. The molecule has 0 spiro atoms. The lowest BCUT2D eigenvalue weighted by Crippen LogP contribution is -2.47. The predicted octanol–water partition coefficient (Wildman–Crippen LogP) is 2.58. The minimum absolute atomic E-state index is 0.0880. The van der Waals surface area contributed by atoms with Crippen LogP contribution in [0.1, 0.15) is 24.5 Å². The maximum atomic E-state index is 13.0. The molecule has 1 aromatic rings. The van der Waals surface area contributed by atoms with Crippen molar-refractivity contribution in [2.45, 2.75) is 18.9 Å². The molecule has 1 N–H and O–H groups in total. The van der Waals surface area contributed by atoms with Crippen LogP contribution < -0.4 is 5.32 Å². The highest BCUT2D eigenvalue weighted by Crippen LogP contribution is 2.18. The van der Waals surface area contributed by atoms with Crippen LogP contribution in [-0.2, 0) is 9.47 Å². The SMILES string of the molecule is COC[C@H]1CCCN(C(=O)NC[C@@H](OC)c2ccc(F)cc2)C1. The quantitative estimate of drug-likeness (QED) is 0.875. The first-order chi connectivity index (χ1) is 11.1. The van der Waals surface area contributed by atoms with Gasteiger partial charge in [-0.05, 0) is 30.5 Å². The summed E-state index contributed by atoms with van der Waals surface area (Å²) >= 11 is 0. The van der Waals surface area contributed by atoms with E-state index in [2.05, 4.69) is 5.32 Å². The number of urea groups is 1. The molecule has 2 amide bonds. The Balaban J connectivity index is 1.85. The number of halogens is 1. The average Bonchev–Trinajstić information content (AvgIpc) is 2.57. The van der Waals surface area contributed by atoms with Gasteiger partial charge in [0.1, 0.15) is 5.82 Å². The van der Waals surface area contributed by atoms with Crippen LogP contribution in [0.4, 0.5) is 9.18 Å². The summed E-state index contributed by atoms with van der Waals surface area (Å²) in [6.07, 6.45) is 1.79. The molecule has 1 heterocycles. The van der Waals surface area contributed by atoms with E-state index in [1.165, 1.54) is 12.1 Å². The number of hydrogen-bond donors (Lipinski definition) is 1. The number of amides is 2. The van der Waals surface area contributed by atoms with Gasteiger partial charge in [-0.15, -0.1) is 0 Å². The third-order valence-electron chi connectivity index (χ3n) is 4.17. The monoisotopic (exact) mass is 324 g/mol. The second-order valence-corrected chi connectivity index (χ2v) is 5.87. The van der Waals surface area contributed by atoms with Crippen LogP contribution in [-0.4, -0.2) is 51.4 Å². The van der Waals surface area contributed by atoms with Gasteiger partial charge in [0, 0.05) is 39.8 Å². The maximum absolute atomic E-state index is 13.0. The summed E-state index contributed by atoms with van der Waals surface area (Å²) in [5.41, 5.74) is 0.838. The van der Waals surface area contributed by atoms with Crippen molar-refractivity contribution in [2.75, 3.05) is 40.5 Å². The lowest BCUT2D eigenvalue weighted by atomic mass is 9.99. The van der Waals surface area contributed by atoms with E-state index in [0.29, 0.717) is 25.6 Å². The van der Waals surface area contributed by atoms with Gasteiger partial charge in [0.05, 0.1) is 12.7 Å². The van der Waals surface area contributed by atoms with Crippen molar-refractivity contribution < 1.29 is 18.7 Å². The van der Waals surface area contributed by atoms with E-state index < -0.39 is 0 Å². The lowest BCUT2D eigenvalue weighted by Gasteiger charge is -2.32. The Labute approximate surface area is 136 Å². The van der Waals surface area contributed by atoms with Gasteiger partial charge in [0.15, 0.2) is 0 Å². The fourth-order valence-electron chi connectivity index (χ4n) is 2.93. The average molecular weight is 324 g/mol. The molecule has 6 heteroatoms. The van der Waals surface area contributed by atoms with Gasteiger partial charge < -0.3 is 19.7 Å². The zero-order valence-electron chi connectivity index (χ0n) is 13.8. The van der Waals surface area contributed by atoms with Gasteiger partial charge in [0.25, 0.3) is 0 Å². The molecule has 1 aromatic carbocycles. The molecule has 1 aliphatic rings. The zero-order valence-corrected chi connectivity index (χ0v) is 13.8. The number of methoxy groups -OCH3 is 2. The van der Waals surface area contributed by atoms with Gasteiger partial charge in [0.2, 0.25) is 0 Å². The van der Waals surface area contributed by atoms with Crippen molar-refractivity contribution in [1.29, 1.82) is 0 Å². The fourth-order valence-corrected chi connectivity index (χ4v) is 2.93. The van der Waals surface area contributed by atoms with Gasteiger partial charge in [-0.3, -0.25) is 0 Å². The second kappa shape index (κ2) is 8.84. The number of nitrogens with zero attached hydrogens (tertiary/aromatic N) is 1. The first-order valence-electron chi connectivity index (χ1n) is 7.94. The van der Waals surface area contributed by atoms with Gasteiger partial charge in [-0.2, -0.15) is 0 Å². The topological polar surface area (TPSA) is 50.8 Å². The summed E-state index contributed by atoms with van der Waals surface area (Å²) in [6, 6.07) is 6.04. The van der Waals surface area contributed by atoms with E-state index in [1.54, 1.807) is 26.4 Å². The minimum atomic E-state index is -0.292. The predicted molar refractivity (Wildman–Crippen MR) is 85.7 cm³/mol. The van der Waals surface area contributed by atoms with E-state index in [-0.39, 0.29) is 18.0 Å². The van der Waals surface area contributed by atoms with Crippen LogP contribution in [0.2, 0.25) is 0 Å². The highest BCUT2D eigenvalue weighted by atomic mass is 19.1. The third-order valence-corrected chi connectivity index (χ3v) is 4.17. The Kier molecular flexibility index (Phi) is 6.80. The molecule has 1 fully saturated rings. The van der Waals surface area contributed by atoms with Crippen molar-refractivity contribution in [3.05, 3.63) is 35.6 Å². The van der Waals surface area contributed by atoms with Gasteiger partial charge in [-0.1, -0.05) is 12.1 Å². The number of carbonyl (C=O) groups is 1. The number of ether oxygens (including phenoxy) is 2. The summed E-state index contributed by atoms with van der Waals surface area (Å²) in [4.78, 5) is 14.1. The second-order valence-electron chi connectivity index (χ2n) is 5.87. The number of nitrogens with one attached hydrogen (secondary N) is 1. The highest BCUT2D eigenvalue weighted by molar-refractivity contribution is 5.74. The van der Waals surface area contributed by atoms with Crippen LogP contribution >= 0.6 is 0 Å². The standard InChI is InChI=1S/C17H25FN2O3/c1-22-12-13-4-3-9-20(11-13)17(21)19-10-16(23-2)14-5-7-15(18)8-6-14/h5-8,13,16H,3-4,9-12H2,1-2H3,(H,19,21)/t13-,16+/m0/s1. The number of carbonyl (C=O) groups excluding carboxylic acids is 1. The molecule has 23 heavy (non-hydrogen) atoms. The molecule has 0 bridgehead atoms. The van der Waals surface area contributed by atoms with Crippen LogP contribution in [0.5, 0.6) is 0 Å². The van der Waals surface area contributed by atoms with E-state index >= 15 is 0 Å². The number of piperidine rings is 1. The Bertz CT molecular complexity index is 493. The zero-order chi connectivity index (χ0) is 16.7. The van der Waals surface area contributed by atoms with E-state index in [1.807, 2.05) is 4.90 Å². The molecule has 0 radical (unpaired) electrons. The highest BCUT2D eigenvalue weighted by Gasteiger charge is 2.24. The van der Waals surface area contributed by atoms with Crippen molar-refractivity contribution in [1.82, 2.24) is 10.2 Å². The molecule has 2 atom stereocenters. The summed E-state index contributed by atoms with van der Waals surface area (Å²) in [5, 5.41) is 2.91. The fraction of sp³-hybridized carbons (Fsp3) is 0.588. The van der Waals surface area contributed by atoms with Crippen LogP contribution in [0, 0.1) is 11.7 Å². The lowest BCUT2D eigenvalue weighted by molar-refractivity contribution is 0.0895. The first kappa shape index (κ1) is 17.7. The largest absolute Gasteiger partial charge is 0.384 e. The van der Waals surface area contributed by atoms with Crippen LogP contribution in [0.25, 0.3) is 0 Å². The van der Waals surface area contributed by atoms with E-state index in [0.717, 1.165) is 24.9 Å². The molecule has 1 aliphatic heterocycles. The number of likely N-dealkylation sites (tertiary alicyclic amines) is 1. The Hall–Kier alpha value is -1.66. The van der Waals surface area contributed by atoms with Crippen molar-refractivity contribution in [3.8, 4) is 0 Å². The normalized spacial score (nSPS) is 19.4. The summed E-state index contributed by atoms with van der Waals surface area (Å²) in [6.45, 7) is 2.51. The van der Waals surface area contributed by atoms with Crippen molar-refractivity contribution >= 4 is 6.03 Å². The van der Waals surface area contributed by atoms with E-state index in [9.17, 15) is 9.18 Å². The molecule has 0 aliphatic carbocycles. The van der Waals surface area contributed by atoms with Crippen molar-refractivity contribution in [2.24, 2.45) is 5.92 Å². The van der Waals surface area contributed by atoms with Gasteiger partial charge in [-0.25, -0.2) is 9.18 Å². The molecule has 1 saturated heterocycles. The van der Waals surface area contributed by atoms with Crippen LogP contribution in [0.15, 0.2) is 24.3 Å². The van der Waals surface area contributed by atoms with E-state index in [4.69, 9.17) is 9.47 Å².